The fourth-order valence-corrected chi connectivity index (χ4v) is 3.76. The molecule has 2 aromatic carbocycles. The van der Waals surface area contributed by atoms with Crippen molar-refractivity contribution in [2.45, 2.75) is 39.3 Å². The maximum atomic E-state index is 12.6. The summed E-state index contributed by atoms with van der Waals surface area (Å²) in [6, 6.07) is 21.2. The maximum absolute atomic E-state index is 12.6. The molecular weight excluding hydrogens is 400 g/mol. The summed E-state index contributed by atoms with van der Waals surface area (Å²) in [7, 11) is 0. The van der Waals surface area contributed by atoms with Crippen LogP contribution in [0.3, 0.4) is 0 Å². The number of pyridine rings is 1. The number of para-hydroxylation sites is 3. The van der Waals surface area contributed by atoms with Gasteiger partial charge in [0, 0.05) is 12.7 Å². The first-order valence-corrected chi connectivity index (χ1v) is 11.0. The summed E-state index contributed by atoms with van der Waals surface area (Å²) in [5.41, 5.74) is 3.54. The molecule has 0 aliphatic rings. The van der Waals surface area contributed by atoms with Crippen molar-refractivity contribution < 1.29 is 9.53 Å². The Kier molecular flexibility index (Phi) is 6.80. The number of aromatic nitrogens is 3. The van der Waals surface area contributed by atoms with Gasteiger partial charge >= 0.3 is 0 Å². The highest BCUT2D eigenvalue weighted by atomic mass is 16.5. The van der Waals surface area contributed by atoms with Crippen LogP contribution in [0.15, 0.2) is 72.9 Å². The van der Waals surface area contributed by atoms with E-state index in [1.807, 2.05) is 43.3 Å². The number of hydrogen-bond acceptors (Lipinski definition) is 4. The van der Waals surface area contributed by atoms with Gasteiger partial charge in [0.1, 0.15) is 17.3 Å². The zero-order chi connectivity index (χ0) is 22.3. The third-order valence-electron chi connectivity index (χ3n) is 5.44. The van der Waals surface area contributed by atoms with Crippen molar-refractivity contribution in [2.24, 2.45) is 0 Å². The molecule has 0 aliphatic heterocycles. The van der Waals surface area contributed by atoms with Crippen molar-refractivity contribution in [3.8, 4) is 5.75 Å². The van der Waals surface area contributed by atoms with Crippen molar-refractivity contribution in [1.82, 2.24) is 19.9 Å². The molecule has 6 heteroatoms. The van der Waals surface area contributed by atoms with Gasteiger partial charge in [0.2, 0.25) is 0 Å². The van der Waals surface area contributed by atoms with Crippen LogP contribution in [0, 0.1) is 6.92 Å². The SMILES string of the molecule is Cc1ccccc1OCCCCn1c(C(C)NC(=O)c2ccccn2)nc2ccccc21. The second-order valence-electron chi connectivity index (χ2n) is 7.84. The van der Waals surface area contributed by atoms with Gasteiger partial charge in [-0.25, -0.2) is 4.98 Å². The molecule has 2 heterocycles. The molecule has 4 aromatic rings. The third kappa shape index (κ3) is 4.97. The van der Waals surface area contributed by atoms with Gasteiger partial charge in [-0.15, -0.1) is 0 Å². The fraction of sp³-hybridized carbons (Fsp3) is 0.269. The number of nitrogens with zero attached hydrogens (tertiary/aromatic N) is 3. The summed E-state index contributed by atoms with van der Waals surface area (Å²) in [6.07, 6.45) is 3.49. The van der Waals surface area contributed by atoms with Gasteiger partial charge in [0.05, 0.1) is 23.7 Å². The summed E-state index contributed by atoms with van der Waals surface area (Å²) < 4.78 is 8.14. The van der Waals surface area contributed by atoms with Gasteiger partial charge < -0.3 is 14.6 Å². The number of benzene rings is 2. The van der Waals surface area contributed by atoms with Crippen molar-refractivity contribution >= 4 is 16.9 Å². The van der Waals surface area contributed by atoms with Crippen LogP contribution in [0.5, 0.6) is 5.75 Å². The molecule has 1 amide bonds. The highest BCUT2D eigenvalue weighted by Crippen LogP contribution is 2.22. The van der Waals surface area contributed by atoms with Crippen LogP contribution < -0.4 is 10.1 Å². The number of unbranched alkanes of at least 4 members (excludes halogenated alkanes) is 1. The van der Waals surface area contributed by atoms with E-state index < -0.39 is 0 Å². The lowest BCUT2D eigenvalue weighted by molar-refractivity contribution is 0.0932. The summed E-state index contributed by atoms with van der Waals surface area (Å²) in [4.78, 5) is 21.5. The number of aryl methyl sites for hydroxylation is 2. The van der Waals surface area contributed by atoms with E-state index in [9.17, 15) is 4.79 Å². The Balaban J connectivity index is 1.43. The largest absolute Gasteiger partial charge is 0.493 e. The van der Waals surface area contributed by atoms with E-state index in [1.165, 1.54) is 0 Å². The summed E-state index contributed by atoms with van der Waals surface area (Å²) in [5.74, 6) is 1.57. The number of amides is 1. The minimum Gasteiger partial charge on any atom is -0.493 e. The second-order valence-corrected chi connectivity index (χ2v) is 7.84. The lowest BCUT2D eigenvalue weighted by Crippen LogP contribution is -2.29. The standard InChI is InChI=1S/C26H28N4O2/c1-19-11-3-6-15-24(19)32-18-10-9-17-30-23-14-5-4-12-21(23)29-25(30)20(2)28-26(31)22-13-7-8-16-27-22/h3-8,11-16,20H,9-10,17-18H2,1-2H3,(H,28,31). The highest BCUT2D eigenvalue weighted by molar-refractivity contribution is 5.92. The molecule has 164 valence electrons. The zero-order valence-corrected chi connectivity index (χ0v) is 18.5. The molecule has 0 saturated heterocycles. The third-order valence-corrected chi connectivity index (χ3v) is 5.44. The molecule has 0 fully saturated rings. The van der Waals surface area contributed by atoms with Crippen LogP contribution >= 0.6 is 0 Å². The lowest BCUT2D eigenvalue weighted by atomic mass is 10.2. The number of carbonyl (C=O) groups is 1. The Hall–Kier alpha value is -3.67. The number of nitrogens with one attached hydrogen (secondary N) is 1. The average molecular weight is 429 g/mol. The maximum Gasteiger partial charge on any atom is 0.270 e. The van der Waals surface area contributed by atoms with Crippen LogP contribution in [0.1, 0.15) is 47.7 Å². The Morgan fingerprint density at radius 1 is 1.03 bits per heavy atom. The Morgan fingerprint density at radius 3 is 2.62 bits per heavy atom. The first-order chi connectivity index (χ1) is 15.6. The van der Waals surface area contributed by atoms with Crippen LogP contribution in [-0.2, 0) is 6.54 Å². The number of ether oxygens (including phenoxy) is 1. The summed E-state index contributed by atoms with van der Waals surface area (Å²) in [6.45, 7) is 5.48. The highest BCUT2D eigenvalue weighted by Gasteiger charge is 2.19. The van der Waals surface area contributed by atoms with Gasteiger partial charge in [-0.05, 0) is 62.6 Å². The normalized spacial score (nSPS) is 11.9. The zero-order valence-electron chi connectivity index (χ0n) is 18.5. The first kappa shape index (κ1) is 21.6. The van der Waals surface area contributed by atoms with Gasteiger partial charge in [0.25, 0.3) is 5.91 Å². The average Bonchev–Trinajstić information content (AvgIpc) is 3.19. The van der Waals surface area contributed by atoms with E-state index in [1.54, 1.807) is 24.4 Å². The summed E-state index contributed by atoms with van der Waals surface area (Å²) >= 11 is 0. The molecule has 0 bridgehead atoms. The molecule has 6 nitrogen and oxygen atoms in total. The molecule has 1 N–H and O–H groups in total. The van der Waals surface area contributed by atoms with E-state index in [0.29, 0.717) is 12.3 Å². The molecule has 32 heavy (non-hydrogen) atoms. The topological polar surface area (TPSA) is 69.0 Å². The minimum atomic E-state index is -0.250. The van der Waals surface area contributed by atoms with E-state index in [-0.39, 0.29) is 11.9 Å². The molecule has 2 aromatic heterocycles. The second kappa shape index (κ2) is 10.1. The van der Waals surface area contributed by atoms with Crippen molar-refractivity contribution in [2.75, 3.05) is 6.61 Å². The number of hydrogen-bond donors (Lipinski definition) is 1. The Morgan fingerprint density at radius 2 is 1.81 bits per heavy atom. The predicted octanol–water partition coefficient (Wildman–Crippen LogP) is 5.09. The van der Waals surface area contributed by atoms with Crippen molar-refractivity contribution in [3.63, 3.8) is 0 Å². The number of carbonyl (C=O) groups excluding carboxylic acids is 1. The first-order valence-electron chi connectivity index (χ1n) is 11.0. The van der Waals surface area contributed by atoms with Crippen molar-refractivity contribution in [1.29, 1.82) is 0 Å². The lowest BCUT2D eigenvalue weighted by Gasteiger charge is -2.16. The van der Waals surface area contributed by atoms with Crippen LogP contribution in [0.2, 0.25) is 0 Å². The predicted molar refractivity (Wildman–Crippen MR) is 126 cm³/mol. The van der Waals surface area contributed by atoms with Crippen molar-refractivity contribution in [3.05, 3.63) is 90.0 Å². The summed E-state index contributed by atoms with van der Waals surface area (Å²) in [5, 5.41) is 3.03. The van der Waals surface area contributed by atoms with Crippen LogP contribution in [0.4, 0.5) is 0 Å². The van der Waals surface area contributed by atoms with E-state index in [4.69, 9.17) is 9.72 Å². The Bertz CT molecular complexity index is 1190. The van der Waals surface area contributed by atoms with Gasteiger partial charge in [-0.2, -0.15) is 0 Å². The van der Waals surface area contributed by atoms with Gasteiger partial charge in [-0.3, -0.25) is 9.78 Å². The smallest absolute Gasteiger partial charge is 0.270 e. The number of imidazole rings is 1. The van der Waals surface area contributed by atoms with Crippen LogP contribution in [-0.4, -0.2) is 27.0 Å². The molecule has 1 unspecified atom stereocenters. The monoisotopic (exact) mass is 428 g/mol. The minimum absolute atomic E-state index is 0.205. The molecule has 1 atom stereocenters. The molecular formula is C26H28N4O2. The quantitative estimate of drug-likeness (QED) is 0.377. The van der Waals surface area contributed by atoms with E-state index >= 15 is 0 Å². The molecule has 0 spiro atoms. The van der Waals surface area contributed by atoms with Gasteiger partial charge in [-0.1, -0.05) is 36.4 Å². The molecule has 4 rings (SSSR count). The van der Waals surface area contributed by atoms with Gasteiger partial charge in [0.15, 0.2) is 0 Å². The number of rotatable bonds is 9. The Labute approximate surface area is 188 Å². The molecule has 0 aliphatic carbocycles. The number of fused-ring (bicyclic) bond motifs is 1. The fourth-order valence-electron chi connectivity index (χ4n) is 3.76. The molecule has 0 radical (unpaired) electrons. The molecule has 0 saturated carbocycles. The van der Waals surface area contributed by atoms with E-state index in [2.05, 4.69) is 33.9 Å². The van der Waals surface area contributed by atoms with Crippen LogP contribution in [0.25, 0.3) is 11.0 Å². The van der Waals surface area contributed by atoms with E-state index in [0.717, 1.165) is 47.6 Å².